The highest BCUT2D eigenvalue weighted by Crippen LogP contribution is 2.28. The van der Waals surface area contributed by atoms with E-state index >= 15 is 0 Å². The second kappa shape index (κ2) is 5.89. The number of hydrogen-bond acceptors (Lipinski definition) is 4. The average Bonchev–Trinajstić information content (AvgIpc) is 2.56. The molecule has 0 saturated heterocycles. The Morgan fingerprint density at radius 2 is 1.87 bits per heavy atom. The van der Waals surface area contributed by atoms with Crippen LogP contribution < -0.4 is 11.3 Å². The van der Waals surface area contributed by atoms with E-state index in [4.69, 9.17) is 10.5 Å². The number of nitrogens with zero attached hydrogens (tertiary/aromatic N) is 1. The van der Waals surface area contributed by atoms with Crippen LogP contribution in [0, 0.1) is 0 Å². The van der Waals surface area contributed by atoms with Crippen molar-refractivity contribution in [1.82, 2.24) is 4.57 Å². The molecule has 0 unspecified atom stereocenters. The van der Waals surface area contributed by atoms with Crippen molar-refractivity contribution in [3.05, 3.63) is 68.9 Å². The molecule has 2 N–H and O–H groups in total. The number of halogens is 1. The third-order valence-electron chi connectivity index (χ3n) is 3.58. The van der Waals surface area contributed by atoms with E-state index in [0.717, 1.165) is 4.47 Å². The number of carbonyl (C=O) groups is 1. The van der Waals surface area contributed by atoms with E-state index in [-0.39, 0.29) is 11.3 Å². The summed E-state index contributed by atoms with van der Waals surface area (Å²) in [5, 5.41) is 0.600. The first-order chi connectivity index (χ1) is 11.0. The van der Waals surface area contributed by atoms with Crippen LogP contribution in [0.2, 0.25) is 0 Å². The lowest BCUT2D eigenvalue weighted by molar-refractivity contribution is 0.0600. The van der Waals surface area contributed by atoms with Crippen LogP contribution in [0.4, 0.5) is 5.69 Å². The molecule has 23 heavy (non-hydrogen) atoms. The summed E-state index contributed by atoms with van der Waals surface area (Å²) in [6.07, 6.45) is 0. The summed E-state index contributed by atoms with van der Waals surface area (Å²) >= 11 is 3.39. The Bertz CT molecular complexity index is 965. The van der Waals surface area contributed by atoms with E-state index in [2.05, 4.69) is 15.9 Å². The lowest BCUT2D eigenvalue weighted by Crippen LogP contribution is -2.28. The third kappa shape index (κ3) is 2.51. The van der Waals surface area contributed by atoms with Gasteiger partial charge in [-0.3, -0.25) is 9.36 Å². The molecule has 0 radical (unpaired) electrons. The minimum Gasteiger partial charge on any atom is -0.465 e. The number of para-hydroxylation sites is 1. The van der Waals surface area contributed by atoms with E-state index in [1.165, 1.54) is 11.7 Å². The predicted molar refractivity (Wildman–Crippen MR) is 93.0 cm³/mol. The van der Waals surface area contributed by atoms with Gasteiger partial charge in [-0.1, -0.05) is 34.1 Å². The number of methoxy groups -OCH3 is 1. The second-order valence-corrected chi connectivity index (χ2v) is 5.83. The minimum atomic E-state index is -0.751. The Labute approximate surface area is 140 Å². The van der Waals surface area contributed by atoms with E-state index in [1.807, 2.05) is 24.3 Å². The smallest absolute Gasteiger partial charge is 0.345 e. The number of hydrogen-bond donors (Lipinski definition) is 1. The Hall–Kier alpha value is -2.60. The van der Waals surface area contributed by atoms with Crippen molar-refractivity contribution in [1.29, 1.82) is 0 Å². The zero-order valence-electron chi connectivity index (χ0n) is 12.2. The van der Waals surface area contributed by atoms with E-state index in [1.54, 1.807) is 24.3 Å². The lowest BCUT2D eigenvalue weighted by Gasteiger charge is -2.15. The van der Waals surface area contributed by atoms with E-state index in [9.17, 15) is 9.59 Å². The highest BCUT2D eigenvalue weighted by Gasteiger charge is 2.22. The molecule has 5 nitrogen and oxygen atoms in total. The molecule has 116 valence electrons. The molecule has 3 rings (SSSR count). The van der Waals surface area contributed by atoms with Gasteiger partial charge in [-0.05, 0) is 30.3 Å². The first-order valence-electron chi connectivity index (χ1n) is 6.82. The molecule has 0 amide bonds. The Balaban J connectivity index is 2.52. The summed E-state index contributed by atoms with van der Waals surface area (Å²) in [4.78, 5) is 24.9. The van der Waals surface area contributed by atoms with Crippen molar-refractivity contribution in [3.8, 4) is 5.69 Å². The zero-order chi connectivity index (χ0) is 16.6. The Kier molecular flexibility index (Phi) is 3.92. The van der Waals surface area contributed by atoms with Crippen LogP contribution in [0.1, 0.15) is 10.4 Å². The molecule has 0 fully saturated rings. The number of benzene rings is 2. The SMILES string of the molecule is COC(=O)c1c(N)c2cc(Br)ccc2n(-c2ccccc2)c1=O. The number of fused-ring (bicyclic) bond motifs is 1. The van der Waals surface area contributed by atoms with Gasteiger partial charge in [0.25, 0.3) is 5.56 Å². The number of anilines is 1. The van der Waals surface area contributed by atoms with Gasteiger partial charge >= 0.3 is 5.97 Å². The summed E-state index contributed by atoms with van der Waals surface area (Å²) < 4.78 is 6.98. The van der Waals surface area contributed by atoms with Gasteiger partial charge in [0, 0.05) is 15.5 Å². The maximum absolute atomic E-state index is 12.9. The topological polar surface area (TPSA) is 74.3 Å². The van der Waals surface area contributed by atoms with Crippen LogP contribution in [0.25, 0.3) is 16.6 Å². The predicted octanol–water partition coefficient (Wildman–Crippen LogP) is 3.12. The van der Waals surface area contributed by atoms with Crippen molar-refractivity contribution in [2.45, 2.75) is 0 Å². The normalized spacial score (nSPS) is 10.7. The van der Waals surface area contributed by atoms with Crippen molar-refractivity contribution in [2.24, 2.45) is 0 Å². The molecular formula is C17H13BrN2O3. The Morgan fingerprint density at radius 3 is 2.52 bits per heavy atom. The number of aromatic nitrogens is 1. The number of ether oxygens (including phenoxy) is 1. The fraction of sp³-hybridized carbons (Fsp3) is 0.0588. The van der Waals surface area contributed by atoms with Gasteiger partial charge in [0.2, 0.25) is 0 Å². The fourth-order valence-corrected chi connectivity index (χ4v) is 2.88. The number of esters is 1. The molecule has 0 aliphatic heterocycles. The first-order valence-corrected chi connectivity index (χ1v) is 7.61. The van der Waals surface area contributed by atoms with Crippen molar-refractivity contribution in [2.75, 3.05) is 12.8 Å². The maximum Gasteiger partial charge on any atom is 0.345 e. The molecule has 6 heteroatoms. The van der Waals surface area contributed by atoms with Gasteiger partial charge in [-0.15, -0.1) is 0 Å². The molecule has 1 aromatic heterocycles. The van der Waals surface area contributed by atoms with Crippen molar-refractivity contribution >= 4 is 38.5 Å². The molecule has 0 spiro atoms. The summed E-state index contributed by atoms with van der Waals surface area (Å²) in [6, 6.07) is 14.5. The minimum absolute atomic E-state index is 0.116. The monoisotopic (exact) mass is 372 g/mol. The standard InChI is InChI=1S/C17H13BrN2O3/c1-23-17(22)14-15(19)12-9-10(18)7-8-13(12)20(16(14)21)11-5-3-2-4-6-11/h2-9H,19H2,1H3. The summed E-state index contributed by atoms with van der Waals surface area (Å²) in [5.41, 5.74) is 6.79. The maximum atomic E-state index is 12.9. The molecule has 3 aromatic rings. The summed E-state index contributed by atoms with van der Waals surface area (Å²) in [7, 11) is 1.22. The number of rotatable bonds is 2. The highest BCUT2D eigenvalue weighted by molar-refractivity contribution is 9.10. The largest absolute Gasteiger partial charge is 0.465 e. The van der Waals surface area contributed by atoms with Crippen molar-refractivity contribution < 1.29 is 9.53 Å². The van der Waals surface area contributed by atoms with Crippen LogP contribution >= 0.6 is 15.9 Å². The van der Waals surface area contributed by atoms with Gasteiger partial charge < -0.3 is 10.5 Å². The molecule has 0 aliphatic carbocycles. The summed E-state index contributed by atoms with van der Waals surface area (Å²) in [6.45, 7) is 0. The molecule has 0 bridgehead atoms. The third-order valence-corrected chi connectivity index (χ3v) is 4.07. The molecule has 0 aliphatic rings. The molecule has 1 heterocycles. The van der Waals surface area contributed by atoms with Crippen LogP contribution in [-0.4, -0.2) is 17.6 Å². The van der Waals surface area contributed by atoms with Gasteiger partial charge in [0.15, 0.2) is 0 Å². The van der Waals surface area contributed by atoms with Gasteiger partial charge in [0.1, 0.15) is 5.56 Å². The fourth-order valence-electron chi connectivity index (χ4n) is 2.52. The van der Waals surface area contributed by atoms with Crippen LogP contribution in [0.5, 0.6) is 0 Å². The number of pyridine rings is 1. The van der Waals surface area contributed by atoms with Gasteiger partial charge in [0.05, 0.1) is 18.3 Å². The number of carbonyl (C=O) groups excluding carboxylic acids is 1. The average molecular weight is 373 g/mol. The van der Waals surface area contributed by atoms with Gasteiger partial charge in [-0.25, -0.2) is 4.79 Å². The van der Waals surface area contributed by atoms with Gasteiger partial charge in [-0.2, -0.15) is 0 Å². The second-order valence-electron chi connectivity index (χ2n) is 4.92. The molecule has 0 atom stereocenters. The zero-order valence-corrected chi connectivity index (χ0v) is 13.8. The van der Waals surface area contributed by atoms with E-state index in [0.29, 0.717) is 16.6 Å². The van der Waals surface area contributed by atoms with Crippen LogP contribution in [-0.2, 0) is 4.74 Å². The van der Waals surface area contributed by atoms with Crippen molar-refractivity contribution in [3.63, 3.8) is 0 Å². The molecular weight excluding hydrogens is 360 g/mol. The lowest BCUT2D eigenvalue weighted by atomic mass is 10.1. The van der Waals surface area contributed by atoms with Crippen LogP contribution in [0.15, 0.2) is 57.8 Å². The first kappa shape index (κ1) is 15.3. The summed E-state index contributed by atoms with van der Waals surface area (Å²) in [5.74, 6) is -0.751. The molecule has 0 saturated carbocycles. The van der Waals surface area contributed by atoms with E-state index < -0.39 is 11.5 Å². The Morgan fingerprint density at radius 1 is 1.17 bits per heavy atom. The number of nitrogen functional groups attached to an aromatic ring is 1. The number of nitrogens with two attached hydrogens (primary N) is 1. The quantitative estimate of drug-likeness (QED) is 0.701. The highest BCUT2D eigenvalue weighted by atomic mass is 79.9. The molecule has 2 aromatic carbocycles. The van der Waals surface area contributed by atoms with Crippen LogP contribution in [0.3, 0.4) is 0 Å².